The minimum Gasteiger partial charge on any atom is -0.336 e. The van der Waals surface area contributed by atoms with Crippen LogP contribution >= 0.6 is 11.8 Å². The highest BCUT2D eigenvalue weighted by atomic mass is 32.2. The van der Waals surface area contributed by atoms with Gasteiger partial charge in [-0.3, -0.25) is 4.79 Å². The lowest BCUT2D eigenvalue weighted by Gasteiger charge is -2.18. The topological polar surface area (TPSA) is 77.0 Å². The summed E-state index contributed by atoms with van der Waals surface area (Å²) in [5, 5.41) is 7.65. The van der Waals surface area contributed by atoms with Gasteiger partial charge >= 0.3 is 6.18 Å². The highest BCUT2D eigenvalue weighted by Crippen LogP contribution is 2.31. The van der Waals surface area contributed by atoms with Crippen molar-refractivity contribution in [3.63, 3.8) is 0 Å². The second kappa shape index (κ2) is 6.76. The Kier molecular flexibility index (Phi) is 5.20. The van der Waals surface area contributed by atoms with E-state index < -0.39 is 23.9 Å². The van der Waals surface area contributed by atoms with E-state index in [-0.39, 0.29) is 6.54 Å². The molecule has 0 aliphatic carbocycles. The molecule has 0 bridgehead atoms. The number of hydrogen-bond donors (Lipinski definition) is 1. The fraction of sp³-hybridized carbons (Fsp3) is 0.750. The van der Waals surface area contributed by atoms with Gasteiger partial charge in [-0.15, -0.1) is 10.2 Å². The van der Waals surface area contributed by atoms with E-state index in [0.717, 1.165) is 29.5 Å². The van der Waals surface area contributed by atoms with E-state index in [1.165, 1.54) is 4.68 Å². The second-order valence-corrected chi connectivity index (χ2v) is 6.31. The lowest BCUT2D eigenvalue weighted by atomic mass is 10.2. The van der Waals surface area contributed by atoms with E-state index in [9.17, 15) is 18.0 Å². The number of carbonyl (C=O) groups is 1. The first-order chi connectivity index (χ1) is 10.3. The number of likely N-dealkylation sites (tertiary alicyclic amines) is 1. The lowest BCUT2D eigenvalue weighted by Crippen LogP contribution is -2.36. The Morgan fingerprint density at radius 2 is 2.14 bits per heavy atom. The van der Waals surface area contributed by atoms with Gasteiger partial charge in [0.1, 0.15) is 6.54 Å². The average Bonchev–Trinajstić information content (AvgIpc) is 2.94. The van der Waals surface area contributed by atoms with Crippen LogP contribution in [0.3, 0.4) is 0 Å². The highest BCUT2D eigenvalue weighted by molar-refractivity contribution is 8.00. The van der Waals surface area contributed by atoms with Crippen LogP contribution in [-0.4, -0.2) is 50.2 Å². The highest BCUT2D eigenvalue weighted by Gasteiger charge is 2.40. The molecule has 1 aromatic heterocycles. The molecule has 0 aromatic carbocycles. The zero-order chi connectivity index (χ0) is 16.3. The van der Waals surface area contributed by atoms with Crippen molar-refractivity contribution in [2.75, 3.05) is 18.9 Å². The van der Waals surface area contributed by atoms with Crippen molar-refractivity contribution in [3.05, 3.63) is 5.82 Å². The molecule has 124 valence electrons. The summed E-state index contributed by atoms with van der Waals surface area (Å²) in [7, 11) is 0. The van der Waals surface area contributed by atoms with Crippen molar-refractivity contribution in [2.24, 2.45) is 0 Å². The molecule has 0 spiro atoms. The summed E-state index contributed by atoms with van der Waals surface area (Å²) in [5.41, 5.74) is 0. The van der Waals surface area contributed by atoms with Crippen LogP contribution in [0.4, 0.5) is 13.2 Å². The molecule has 1 aliphatic heterocycles. The lowest BCUT2D eigenvalue weighted by molar-refractivity contribution is -0.157. The minimum absolute atomic E-state index is 0.0947. The van der Waals surface area contributed by atoms with Crippen molar-refractivity contribution in [1.82, 2.24) is 19.8 Å². The zero-order valence-electron chi connectivity index (χ0n) is 12.1. The summed E-state index contributed by atoms with van der Waals surface area (Å²) in [4.78, 5) is 12.8. The smallest absolute Gasteiger partial charge is 0.336 e. The summed E-state index contributed by atoms with van der Waals surface area (Å²) in [6.07, 6.45) is -1.45. The fourth-order valence-corrected chi connectivity index (χ4v) is 3.25. The molecule has 1 aromatic rings. The van der Waals surface area contributed by atoms with Gasteiger partial charge in [0.15, 0.2) is 5.82 Å². The molecule has 2 N–H and O–H groups in total. The van der Waals surface area contributed by atoms with E-state index >= 15 is 0 Å². The van der Waals surface area contributed by atoms with E-state index in [1.54, 1.807) is 0 Å². The Bertz CT molecular complexity index is 533. The number of nitrogens with zero attached hydrogens (tertiary/aromatic N) is 4. The van der Waals surface area contributed by atoms with Gasteiger partial charge in [0, 0.05) is 13.0 Å². The Balaban J connectivity index is 1.97. The number of aryl methyl sites for hydroxylation is 1. The molecular formula is C12H18F3N5OS. The summed E-state index contributed by atoms with van der Waals surface area (Å²) < 4.78 is 38.4. The Morgan fingerprint density at radius 1 is 1.41 bits per heavy atom. The molecule has 1 atom stereocenters. The van der Waals surface area contributed by atoms with Crippen molar-refractivity contribution in [1.29, 1.82) is 0 Å². The number of halogens is 3. The molecule has 1 unspecified atom stereocenters. The van der Waals surface area contributed by atoms with Crippen molar-refractivity contribution in [3.8, 4) is 0 Å². The van der Waals surface area contributed by atoms with Crippen LogP contribution < -0.4 is 5.84 Å². The number of hydrogen-bond acceptors (Lipinski definition) is 5. The van der Waals surface area contributed by atoms with Gasteiger partial charge in [0.25, 0.3) is 0 Å². The number of rotatable bonds is 6. The first kappa shape index (κ1) is 16.9. The maximum Gasteiger partial charge on any atom is 0.406 e. The van der Waals surface area contributed by atoms with E-state index in [2.05, 4.69) is 10.2 Å². The van der Waals surface area contributed by atoms with Gasteiger partial charge in [0.2, 0.25) is 11.1 Å². The molecule has 1 aliphatic rings. The van der Waals surface area contributed by atoms with Gasteiger partial charge in [0.05, 0.1) is 5.25 Å². The van der Waals surface area contributed by atoms with Gasteiger partial charge in [-0.1, -0.05) is 25.1 Å². The summed E-state index contributed by atoms with van der Waals surface area (Å²) in [6.45, 7) is 0.927. The molecule has 1 saturated heterocycles. The molecule has 0 saturated carbocycles. The van der Waals surface area contributed by atoms with Crippen LogP contribution in [0.2, 0.25) is 0 Å². The Morgan fingerprint density at radius 3 is 2.77 bits per heavy atom. The molecule has 22 heavy (non-hydrogen) atoms. The number of nitrogen functional groups attached to an aromatic ring is 1. The SMILES string of the molecule is CCCCc1nnc(SC2CCN(CC(F)(F)F)C2=O)n1N. The summed E-state index contributed by atoms with van der Waals surface area (Å²) in [6, 6.07) is 0. The van der Waals surface area contributed by atoms with Crippen LogP contribution in [0.25, 0.3) is 0 Å². The third-order valence-corrected chi connectivity index (χ3v) is 4.57. The third-order valence-electron chi connectivity index (χ3n) is 3.36. The number of amides is 1. The maximum absolute atomic E-state index is 12.4. The molecule has 1 amide bonds. The Hall–Kier alpha value is -1.45. The number of carbonyl (C=O) groups excluding carboxylic acids is 1. The number of alkyl halides is 3. The van der Waals surface area contributed by atoms with E-state index in [4.69, 9.17) is 5.84 Å². The number of thioether (sulfide) groups is 1. The number of nitrogens with two attached hydrogens (primary N) is 1. The van der Waals surface area contributed by atoms with Crippen LogP contribution in [0.5, 0.6) is 0 Å². The molecule has 6 nitrogen and oxygen atoms in total. The van der Waals surface area contributed by atoms with E-state index in [1.807, 2.05) is 6.92 Å². The molecule has 2 heterocycles. The first-order valence-corrected chi connectivity index (χ1v) is 7.91. The third kappa shape index (κ3) is 4.05. The molecular weight excluding hydrogens is 319 g/mol. The van der Waals surface area contributed by atoms with Crippen molar-refractivity contribution >= 4 is 17.7 Å². The standard InChI is InChI=1S/C12H18F3N5OS/c1-2-3-4-9-17-18-11(20(9)16)22-8-5-6-19(10(8)21)7-12(13,14)15/h8H,2-7,16H2,1H3. The van der Waals surface area contributed by atoms with Crippen molar-refractivity contribution in [2.45, 2.75) is 49.2 Å². The summed E-state index contributed by atoms with van der Waals surface area (Å²) in [5.74, 6) is 5.96. The van der Waals surface area contributed by atoms with Gasteiger partial charge in [-0.25, -0.2) is 4.68 Å². The molecule has 0 radical (unpaired) electrons. The largest absolute Gasteiger partial charge is 0.406 e. The van der Waals surface area contributed by atoms with Crippen LogP contribution in [0.1, 0.15) is 32.0 Å². The quantitative estimate of drug-likeness (QED) is 0.798. The predicted molar refractivity (Wildman–Crippen MR) is 75.7 cm³/mol. The minimum atomic E-state index is -4.38. The van der Waals surface area contributed by atoms with Gasteiger partial charge < -0.3 is 10.7 Å². The average molecular weight is 337 g/mol. The summed E-state index contributed by atoms with van der Waals surface area (Å²) >= 11 is 1.08. The first-order valence-electron chi connectivity index (χ1n) is 7.03. The van der Waals surface area contributed by atoms with Gasteiger partial charge in [-0.05, 0) is 12.8 Å². The monoisotopic (exact) mass is 337 g/mol. The van der Waals surface area contributed by atoms with Crippen LogP contribution in [0, 0.1) is 0 Å². The van der Waals surface area contributed by atoms with Crippen molar-refractivity contribution < 1.29 is 18.0 Å². The second-order valence-electron chi connectivity index (χ2n) is 5.14. The molecule has 10 heteroatoms. The normalized spacial score (nSPS) is 19.2. The molecule has 2 rings (SSSR count). The Labute approximate surface area is 130 Å². The zero-order valence-corrected chi connectivity index (χ0v) is 13.0. The van der Waals surface area contributed by atoms with Crippen LogP contribution in [-0.2, 0) is 11.2 Å². The number of aromatic nitrogens is 3. The fourth-order valence-electron chi connectivity index (χ4n) is 2.21. The van der Waals surface area contributed by atoms with E-state index in [0.29, 0.717) is 23.8 Å². The predicted octanol–water partition coefficient (Wildman–Crippen LogP) is 1.59. The molecule has 1 fully saturated rings. The van der Waals surface area contributed by atoms with Crippen LogP contribution in [0.15, 0.2) is 5.16 Å². The number of unbranched alkanes of at least 4 members (excludes halogenated alkanes) is 1. The maximum atomic E-state index is 12.4. The van der Waals surface area contributed by atoms with Gasteiger partial charge in [-0.2, -0.15) is 13.2 Å².